The Balaban J connectivity index is 1.85. The number of carbonyl (C=O) groups is 2. The van der Waals surface area contributed by atoms with E-state index in [2.05, 4.69) is 31.8 Å². The van der Waals surface area contributed by atoms with E-state index in [4.69, 9.17) is 4.74 Å². The molecule has 0 aliphatic rings. The van der Waals surface area contributed by atoms with E-state index >= 15 is 0 Å². The number of rotatable bonds is 6. The first kappa shape index (κ1) is 18.5. The molecule has 0 aliphatic heterocycles. The molecule has 0 heterocycles. The summed E-state index contributed by atoms with van der Waals surface area (Å²) in [5, 5.41) is 15.9. The van der Waals surface area contributed by atoms with E-state index in [1.165, 1.54) is 19.4 Å². The van der Waals surface area contributed by atoms with Crippen molar-refractivity contribution in [2.24, 2.45) is 5.10 Å². The highest BCUT2D eigenvalue weighted by Crippen LogP contribution is 2.20. The van der Waals surface area contributed by atoms with Gasteiger partial charge in [0.25, 0.3) is 11.8 Å². The number of ether oxygens (including phenoxy) is 1. The van der Waals surface area contributed by atoms with Crippen LogP contribution in [0.3, 0.4) is 0 Å². The van der Waals surface area contributed by atoms with E-state index in [1.807, 2.05) is 0 Å². The number of halogens is 1. The molecule has 25 heavy (non-hydrogen) atoms. The molecule has 7 nitrogen and oxygen atoms in total. The molecule has 2 amide bonds. The Morgan fingerprint density at radius 2 is 2.08 bits per heavy atom. The van der Waals surface area contributed by atoms with Crippen LogP contribution < -0.4 is 15.5 Å². The summed E-state index contributed by atoms with van der Waals surface area (Å²) in [7, 11) is 1.50. The summed E-state index contributed by atoms with van der Waals surface area (Å²) in [4.78, 5) is 23.6. The highest BCUT2D eigenvalue weighted by molar-refractivity contribution is 9.10. The van der Waals surface area contributed by atoms with Crippen LogP contribution in [-0.2, 0) is 4.79 Å². The summed E-state index contributed by atoms with van der Waals surface area (Å²) in [6, 6.07) is 11.4. The number of phenolic OH excluding ortho intramolecular Hbond substituents is 1. The molecule has 2 aromatic carbocycles. The molecule has 0 radical (unpaired) electrons. The number of hydrogen-bond acceptors (Lipinski definition) is 5. The van der Waals surface area contributed by atoms with Crippen molar-refractivity contribution in [3.8, 4) is 11.5 Å². The average molecular weight is 406 g/mol. The summed E-state index contributed by atoms with van der Waals surface area (Å²) in [5.41, 5.74) is 3.09. The maximum Gasteiger partial charge on any atom is 0.259 e. The molecule has 8 heteroatoms. The predicted molar refractivity (Wildman–Crippen MR) is 96.9 cm³/mol. The number of methoxy groups -OCH3 is 1. The standard InChI is InChI=1S/C17H16BrN3O4/c1-25-14-5-6-15(22)12(8-14)9-20-21-16(23)10-19-17(24)11-3-2-4-13(18)7-11/h2-9,22H,10H2,1H3,(H,19,24)(H,21,23)/b20-9+. The summed E-state index contributed by atoms with van der Waals surface area (Å²) in [6.07, 6.45) is 1.28. The number of nitrogens with zero attached hydrogens (tertiary/aromatic N) is 1. The number of hydrazone groups is 1. The van der Waals surface area contributed by atoms with E-state index in [0.717, 1.165) is 4.47 Å². The lowest BCUT2D eigenvalue weighted by Gasteiger charge is -2.05. The van der Waals surface area contributed by atoms with Gasteiger partial charge in [0.05, 0.1) is 19.9 Å². The van der Waals surface area contributed by atoms with Crippen molar-refractivity contribution < 1.29 is 19.4 Å². The third kappa shape index (κ3) is 5.61. The lowest BCUT2D eigenvalue weighted by Crippen LogP contribution is -2.34. The monoisotopic (exact) mass is 405 g/mol. The van der Waals surface area contributed by atoms with Crippen molar-refractivity contribution in [2.45, 2.75) is 0 Å². The van der Waals surface area contributed by atoms with Gasteiger partial charge in [-0.15, -0.1) is 0 Å². The Bertz CT molecular complexity index is 808. The third-order valence-electron chi connectivity index (χ3n) is 3.12. The first-order chi connectivity index (χ1) is 12.0. The molecule has 0 aliphatic carbocycles. The predicted octanol–water partition coefficient (Wildman–Crippen LogP) is 2.04. The van der Waals surface area contributed by atoms with Crippen LogP contribution in [0.4, 0.5) is 0 Å². The second-order valence-corrected chi connectivity index (χ2v) is 5.83. The van der Waals surface area contributed by atoms with Crippen LogP contribution in [0, 0.1) is 0 Å². The van der Waals surface area contributed by atoms with Gasteiger partial charge in [0.15, 0.2) is 0 Å². The maximum absolute atomic E-state index is 11.9. The zero-order chi connectivity index (χ0) is 18.2. The lowest BCUT2D eigenvalue weighted by atomic mass is 10.2. The molecule has 0 aromatic heterocycles. The van der Waals surface area contributed by atoms with Crippen molar-refractivity contribution in [2.75, 3.05) is 13.7 Å². The number of nitrogens with one attached hydrogen (secondary N) is 2. The van der Waals surface area contributed by atoms with Gasteiger partial charge >= 0.3 is 0 Å². The Labute approximate surface area is 152 Å². The zero-order valence-electron chi connectivity index (χ0n) is 13.3. The molecule has 3 N–H and O–H groups in total. The van der Waals surface area contributed by atoms with Crippen molar-refractivity contribution in [1.82, 2.24) is 10.7 Å². The Morgan fingerprint density at radius 3 is 2.80 bits per heavy atom. The van der Waals surface area contributed by atoms with Crippen LogP contribution in [-0.4, -0.2) is 36.8 Å². The number of carbonyl (C=O) groups excluding carboxylic acids is 2. The molecule has 0 atom stereocenters. The number of hydrogen-bond donors (Lipinski definition) is 3. The van der Waals surface area contributed by atoms with Crippen molar-refractivity contribution in [3.63, 3.8) is 0 Å². The van der Waals surface area contributed by atoms with Crippen molar-refractivity contribution >= 4 is 34.0 Å². The van der Waals surface area contributed by atoms with Crippen LogP contribution in [0.2, 0.25) is 0 Å². The molecular weight excluding hydrogens is 390 g/mol. The highest BCUT2D eigenvalue weighted by Gasteiger charge is 2.08. The molecular formula is C17H16BrN3O4. The Morgan fingerprint density at radius 1 is 1.28 bits per heavy atom. The first-order valence-electron chi connectivity index (χ1n) is 7.22. The molecule has 0 unspecified atom stereocenters. The van der Waals surface area contributed by atoms with Crippen molar-refractivity contribution in [1.29, 1.82) is 0 Å². The van der Waals surface area contributed by atoms with Gasteiger partial charge in [0, 0.05) is 15.6 Å². The lowest BCUT2D eigenvalue weighted by molar-refractivity contribution is -0.120. The van der Waals surface area contributed by atoms with Crippen LogP contribution in [0.5, 0.6) is 11.5 Å². The number of amides is 2. The SMILES string of the molecule is COc1ccc(O)c(/C=N/NC(=O)CNC(=O)c2cccc(Br)c2)c1. The van der Waals surface area contributed by atoms with Crippen LogP contribution in [0.25, 0.3) is 0 Å². The molecule has 2 aromatic rings. The fraction of sp³-hybridized carbons (Fsp3) is 0.118. The molecule has 0 bridgehead atoms. The largest absolute Gasteiger partial charge is 0.507 e. The van der Waals surface area contributed by atoms with E-state index in [9.17, 15) is 14.7 Å². The topological polar surface area (TPSA) is 100 Å². The van der Waals surface area contributed by atoms with Gasteiger partial charge < -0.3 is 15.2 Å². The molecule has 0 saturated heterocycles. The van der Waals surface area contributed by atoms with Crippen LogP contribution in [0.15, 0.2) is 52.0 Å². The normalized spacial score (nSPS) is 10.5. The smallest absolute Gasteiger partial charge is 0.259 e. The fourth-order valence-corrected chi connectivity index (χ4v) is 2.27. The summed E-state index contributed by atoms with van der Waals surface area (Å²) < 4.78 is 5.81. The average Bonchev–Trinajstić information content (AvgIpc) is 2.61. The van der Waals surface area contributed by atoms with Gasteiger partial charge in [0.1, 0.15) is 11.5 Å². The van der Waals surface area contributed by atoms with E-state index in [0.29, 0.717) is 16.9 Å². The molecule has 0 spiro atoms. The number of phenols is 1. The Kier molecular flexibility index (Phi) is 6.53. The minimum absolute atomic E-state index is 0.00163. The van der Waals surface area contributed by atoms with Gasteiger partial charge in [-0.2, -0.15) is 5.10 Å². The van der Waals surface area contributed by atoms with Crippen molar-refractivity contribution in [3.05, 3.63) is 58.1 Å². The number of aromatic hydroxyl groups is 1. The van der Waals surface area contributed by atoms with E-state index < -0.39 is 5.91 Å². The summed E-state index contributed by atoms with van der Waals surface area (Å²) in [5.74, 6) is -0.318. The molecule has 0 fully saturated rings. The van der Waals surface area contributed by atoms with E-state index in [-0.39, 0.29) is 18.2 Å². The molecule has 130 valence electrons. The van der Waals surface area contributed by atoms with Gasteiger partial charge in [-0.05, 0) is 36.4 Å². The van der Waals surface area contributed by atoms with Gasteiger partial charge in [-0.25, -0.2) is 5.43 Å². The maximum atomic E-state index is 11.9. The minimum Gasteiger partial charge on any atom is -0.507 e. The fourth-order valence-electron chi connectivity index (χ4n) is 1.87. The Hall–Kier alpha value is -2.87. The van der Waals surface area contributed by atoms with Gasteiger partial charge in [0.2, 0.25) is 0 Å². The third-order valence-corrected chi connectivity index (χ3v) is 3.62. The summed E-state index contributed by atoms with van der Waals surface area (Å²) in [6.45, 7) is -0.229. The van der Waals surface area contributed by atoms with Gasteiger partial charge in [-0.3, -0.25) is 9.59 Å². The zero-order valence-corrected chi connectivity index (χ0v) is 14.9. The van der Waals surface area contributed by atoms with Crippen LogP contribution in [0.1, 0.15) is 15.9 Å². The second kappa shape index (κ2) is 8.84. The van der Waals surface area contributed by atoms with Gasteiger partial charge in [-0.1, -0.05) is 22.0 Å². The second-order valence-electron chi connectivity index (χ2n) is 4.91. The molecule has 2 rings (SSSR count). The summed E-state index contributed by atoms with van der Waals surface area (Å²) >= 11 is 3.28. The van der Waals surface area contributed by atoms with E-state index in [1.54, 1.807) is 36.4 Å². The number of benzene rings is 2. The molecule has 0 saturated carbocycles. The quantitative estimate of drug-likeness (QED) is 0.505. The van der Waals surface area contributed by atoms with Crippen LogP contribution >= 0.6 is 15.9 Å². The first-order valence-corrected chi connectivity index (χ1v) is 8.01. The minimum atomic E-state index is -0.498. The highest BCUT2D eigenvalue weighted by atomic mass is 79.9.